The van der Waals surface area contributed by atoms with Gasteiger partial charge in [-0.3, -0.25) is 0 Å². The number of halogens is 1. The van der Waals surface area contributed by atoms with Crippen molar-refractivity contribution in [1.82, 2.24) is 0 Å². The lowest BCUT2D eigenvalue weighted by Crippen LogP contribution is -1.94. The summed E-state index contributed by atoms with van der Waals surface area (Å²) in [6.45, 7) is 2.06. The molecule has 0 saturated heterocycles. The molecule has 0 heterocycles. The Morgan fingerprint density at radius 3 is 2.69 bits per heavy atom. The number of hydrogen-bond donors (Lipinski definition) is 2. The Balaban J connectivity index is 2.71. The second-order valence-corrected chi connectivity index (χ2v) is 4.67. The van der Waals surface area contributed by atoms with E-state index in [1.807, 2.05) is 6.07 Å². The summed E-state index contributed by atoms with van der Waals surface area (Å²) in [5, 5.41) is 18.6. The maximum absolute atomic E-state index is 9.45. The van der Waals surface area contributed by atoms with Crippen LogP contribution in [0.1, 0.15) is 18.9 Å². The monoisotopic (exact) mass is 244 g/mol. The Hall–Kier alpha value is -0.700. The molecule has 72 valence electrons. The van der Waals surface area contributed by atoms with E-state index in [4.69, 9.17) is 0 Å². The van der Waals surface area contributed by atoms with Crippen LogP contribution in [0.4, 0.5) is 0 Å². The van der Waals surface area contributed by atoms with Gasteiger partial charge in [-0.1, -0.05) is 35.0 Å². The van der Waals surface area contributed by atoms with E-state index in [2.05, 4.69) is 22.9 Å². The number of phenolic OH excluding ortho intramolecular Hbond substituents is 2. The predicted octanol–water partition coefficient (Wildman–Crippen LogP) is 2.81. The van der Waals surface area contributed by atoms with Crippen molar-refractivity contribution in [3.05, 3.63) is 23.8 Å². The number of phenols is 2. The largest absolute Gasteiger partial charge is 0.504 e. The van der Waals surface area contributed by atoms with Crippen molar-refractivity contribution in [2.24, 2.45) is 0 Å². The first-order chi connectivity index (χ1) is 6.11. The quantitative estimate of drug-likeness (QED) is 0.635. The van der Waals surface area contributed by atoms with Crippen LogP contribution in [0.5, 0.6) is 11.5 Å². The van der Waals surface area contributed by atoms with Crippen molar-refractivity contribution in [2.45, 2.75) is 24.6 Å². The topological polar surface area (TPSA) is 40.5 Å². The second-order valence-electron chi connectivity index (χ2n) is 3.10. The van der Waals surface area contributed by atoms with Crippen LogP contribution in [0, 0.1) is 0 Å². The summed E-state index contributed by atoms with van der Waals surface area (Å²) in [7, 11) is 0. The first-order valence-electron chi connectivity index (χ1n) is 4.25. The molecule has 1 atom stereocenters. The van der Waals surface area contributed by atoms with E-state index in [0.29, 0.717) is 4.83 Å². The highest BCUT2D eigenvalue weighted by Gasteiger charge is 2.06. The molecule has 1 rings (SSSR count). The number of hydrogen-bond acceptors (Lipinski definition) is 2. The van der Waals surface area contributed by atoms with Crippen LogP contribution in [0.15, 0.2) is 18.2 Å². The van der Waals surface area contributed by atoms with Crippen molar-refractivity contribution in [1.29, 1.82) is 0 Å². The van der Waals surface area contributed by atoms with E-state index in [9.17, 15) is 10.2 Å². The van der Waals surface area contributed by atoms with Crippen molar-refractivity contribution in [2.75, 3.05) is 0 Å². The van der Waals surface area contributed by atoms with Gasteiger partial charge in [0.25, 0.3) is 0 Å². The molecule has 0 aliphatic rings. The van der Waals surface area contributed by atoms with Crippen LogP contribution >= 0.6 is 15.9 Å². The Labute approximate surface area is 86.3 Å². The highest BCUT2D eigenvalue weighted by molar-refractivity contribution is 9.09. The summed E-state index contributed by atoms with van der Waals surface area (Å²) in [5.74, 6) is -0.0321. The highest BCUT2D eigenvalue weighted by Crippen LogP contribution is 2.29. The Morgan fingerprint density at radius 2 is 2.08 bits per heavy atom. The molecule has 0 amide bonds. The number of para-hydroxylation sites is 1. The third-order valence-corrected chi connectivity index (χ3v) is 2.37. The fourth-order valence-electron chi connectivity index (χ4n) is 1.13. The zero-order valence-corrected chi connectivity index (χ0v) is 9.08. The number of alkyl halides is 1. The summed E-state index contributed by atoms with van der Waals surface area (Å²) in [6.07, 6.45) is 1.71. The number of aryl methyl sites for hydroxylation is 1. The maximum atomic E-state index is 9.45. The van der Waals surface area contributed by atoms with Crippen LogP contribution < -0.4 is 0 Å². The van der Waals surface area contributed by atoms with Gasteiger partial charge in [0.05, 0.1) is 0 Å². The molecule has 0 bridgehead atoms. The molecule has 13 heavy (non-hydrogen) atoms. The Morgan fingerprint density at radius 1 is 1.38 bits per heavy atom. The zero-order valence-electron chi connectivity index (χ0n) is 7.50. The SMILES string of the molecule is CC(Br)CCc1cccc(O)c1O. The molecule has 0 aromatic heterocycles. The molecule has 0 aliphatic heterocycles. The molecule has 1 aromatic carbocycles. The minimum atomic E-state index is -0.0419. The zero-order chi connectivity index (χ0) is 9.84. The summed E-state index contributed by atoms with van der Waals surface area (Å²) in [4.78, 5) is 0.425. The maximum Gasteiger partial charge on any atom is 0.160 e. The van der Waals surface area contributed by atoms with Crippen LogP contribution in [0.3, 0.4) is 0 Å². The molecule has 1 unspecified atom stereocenters. The molecule has 0 aliphatic carbocycles. The van der Waals surface area contributed by atoms with E-state index in [0.717, 1.165) is 18.4 Å². The fourth-order valence-corrected chi connectivity index (χ4v) is 1.36. The Bertz CT molecular complexity index is 284. The van der Waals surface area contributed by atoms with Gasteiger partial charge in [-0.05, 0) is 24.5 Å². The van der Waals surface area contributed by atoms with Gasteiger partial charge in [0.1, 0.15) is 0 Å². The van der Waals surface area contributed by atoms with Gasteiger partial charge in [-0.2, -0.15) is 0 Å². The van der Waals surface area contributed by atoms with Crippen molar-refractivity contribution in [3.63, 3.8) is 0 Å². The van der Waals surface area contributed by atoms with Gasteiger partial charge in [0, 0.05) is 4.83 Å². The van der Waals surface area contributed by atoms with Crippen LogP contribution in [-0.2, 0) is 6.42 Å². The molecule has 2 nitrogen and oxygen atoms in total. The van der Waals surface area contributed by atoms with Crippen LogP contribution in [0.2, 0.25) is 0 Å². The van der Waals surface area contributed by atoms with Crippen LogP contribution in [0.25, 0.3) is 0 Å². The van der Waals surface area contributed by atoms with E-state index in [1.54, 1.807) is 6.07 Å². The summed E-state index contributed by atoms with van der Waals surface area (Å²) >= 11 is 3.43. The molecule has 3 heteroatoms. The van der Waals surface area contributed by atoms with Gasteiger partial charge < -0.3 is 10.2 Å². The summed E-state index contributed by atoms with van der Waals surface area (Å²) in [5.41, 5.74) is 0.798. The second kappa shape index (κ2) is 4.51. The van der Waals surface area contributed by atoms with Crippen molar-refractivity contribution >= 4 is 15.9 Å². The van der Waals surface area contributed by atoms with Gasteiger partial charge in [-0.25, -0.2) is 0 Å². The van der Waals surface area contributed by atoms with E-state index >= 15 is 0 Å². The first-order valence-corrected chi connectivity index (χ1v) is 5.16. The third-order valence-electron chi connectivity index (χ3n) is 1.91. The van der Waals surface area contributed by atoms with E-state index < -0.39 is 0 Å². The third kappa shape index (κ3) is 2.92. The molecule has 0 fully saturated rings. The molecule has 0 saturated carbocycles. The molecule has 0 radical (unpaired) electrons. The van der Waals surface area contributed by atoms with Gasteiger partial charge >= 0.3 is 0 Å². The fraction of sp³-hybridized carbons (Fsp3) is 0.400. The average Bonchev–Trinajstić information content (AvgIpc) is 2.07. The Kier molecular flexibility index (Phi) is 3.60. The van der Waals surface area contributed by atoms with Gasteiger partial charge in [-0.15, -0.1) is 0 Å². The van der Waals surface area contributed by atoms with E-state index in [-0.39, 0.29) is 11.5 Å². The average molecular weight is 245 g/mol. The molecular formula is C10H13BrO2. The predicted molar refractivity (Wildman–Crippen MR) is 56.5 cm³/mol. The summed E-state index contributed by atoms with van der Waals surface area (Å²) < 4.78 is 0. The minimum absolute atomic E-state index is 0.00986. The summed E-state index contributed by atoms with van der Waals surface area (Å²) in [6, 6.07) is 5.05. The molecule has 0 spiro atoms. The standard InChI is InChI=1S/C10H13BrO2/c1-7(11)5-6-8-3-2-4-9(12)10(8)13/h2-4,7,12-13H,5-6H2,1H3. The van der Waals surface area contributed by atoms with Gasteiger partial charge in [0.2, 0.25) is 0 Å². The smallest absolute Gasteiger partial charge is 0.160 e. The van der Waals surface area contributed by atoms with Gasteiger partial charge in [0.15, 0.2) is 11.5 Å². The number of rotatable bonds is 3. The van der Waals surface area contributed by atoms with Crippen LogP contribution in [-0.4, -0.2) is 15.0 Å². The highest BCUT2D eigenvalue weighted by atomic mass is 79.9. The normalized spacial score (nSPS) is 12.8. The van der Waals surface area contributed by atoms with Crippen molar-refractivity contribution in [3.8, 4) is 11.5 Å². The minimum Gasteiger partial charge on any atom is -0.504 e. The molecule has 2 N–H and O–H groups in total. The van der Waals surface area contributed by atoms with Crippen molar-refractivity contribution < 1.29 is 10.2 Å². The molecule has 1 aromatic rings. The number of aromatic hydroxyl groups is 2. The lowest BCUT2D eigenvalue weighted by Gasteiger charge is -2.06. The number of benzene rings is 1. The first kappa shape index (κ1) is 10.4. The molecular weight excluding hydrogens is 232 g/mol. The van der Waals surface area contributed by atoms with E-state index in [1.165, 1.54) is 6.07 Å². The lowest BCUT2D eigenvalue weighted by atomic mass is 10.1. The lowest BCUT2D eigenvalue weighted by molar-refractivity contribution is 0.399.